The van der Waals surface area contributed by atoms with Gasteiger partial charge in [-0.1, -0.05) is 12.1 Å². The lowest BCUT2D eigenvalue weighted by Crippen LogP contribution is -2.39. The molecular formula is C19H23N5O. The largest absolute Gasteiger partial charge is 0.342 e. The van der Waals surface area contributed by atoms with Crippen LogP contribution in [0.4, 0.5) is 0 Å². The zero-order valence-corrected chi connectivity index (χ0v) is 14.9. The van der Waals surface area contributed by atoms with Gasteiger partial charge in [0.05, 0.1) is 22.3 Å². The van der Waals surface area contributed by atoms with Gasteiger partial charge in [-0.15, -0.1) is 0 Å². The Labute approximate surface area is 146 Å². The fraction of sp³-hybridized carbons (Fsp3) is 0.421. The lowest BCUT2D eigenvalue weighted by atomic mass is 9.96. The summed E-state index contributed by atoms with van der Waals surface area (Å²) in [4.78, 5) is 23.2. The van der Waals surface area contributed by atoms with E-state index in [2.05, 4.69) is 10.1 Å². The van der Waals surface area contributed by atoms with Crippen LogP contribution in [0.25, 0.3) is 11.0 Å². The van der Waals surface area contributed by atoms with E-state index in [1.807, 2.05) is 50.1 Å². The lowest BCUT2D eigenvalue weighted by molar-refractivity contribution is 0.0703. The van der Waals surface area contributed by atoms with Crippen LogP contribution >= 0.6 is 0 Å². The summed E-state index contributed by atoms with van der Waals surface area (Å²) < 4.78 is 1.78. The highest BCUT2D eigenvalue weighted by Crippen LogP contribution is 2.28. The first-order chi connectivity index (χ1) is 12.0. The van der Waals surface area contributed by atoms with Crippen LogP contribution in [0.1, 0.15) is 46.3 Å². The average molecular weight is 337 g/mol. The van der Waals surface area contributed by atoms with Gasteiger partial charge in [-0.2, -0.15) is 5.10 Å². The number of nitrogens with one attached hydrogen (secondary N) is 1. The number of hydrogen-bond donors (Lipinski definition) is 1. The third-order valence-electron chi connectivity index (χ3n) is 5.23. The normalized spacial score (nSPS) is 18.0. The minimum absolute atomic E-state index is 0.0870. The summed E-state index contributed by atoms with van der Waals surface area (Å²) in [5.74, 6) is 1.32. The average Bonchev–Trinajstić information content (AvgIpc) is 3.15. The smallest absolute Gasteiger partial charge is 0.257 e. The third kappa shape index (κ3) is 2.71. The number of aryl methyl sites for hydroxylation is 2. The number of rotatable bonds is 2. The van der Waals surface area contributed by atoms with E-state index >= 15 is 0 Å². The molecule has 0 spiro atoms. The molecule has 3 aromatic rings. The molecule has 1 amide bonds. The number of para-hydroxylation sites is 2. The van der Waals surface area contributed by atoms with Gasteiger partial charge in [0, 0.05) is 31.7 Å². The van der Waals surface area contributed by atoms with Crippen LogP contribution < -0.4 is 0 Å². The quantitative estimate of drug-likeness (QED) is 0.782. The Hall–Kier alpha value is -2.63. The Bertz CT molecular complexity index is 906. The molecule has 1 aromatic carbocycles. The first-order valence-electron chi connectivity index (χ1n) is 8.78. The van der Waals surface area contributed by atoms with Gasteiger partial charge >= 0.3 is 0 Å². The number of aromatic amines is 1. The van der Waals surface area contributed by atoms with E-state index < -0.39 is 0 Å². The molecule has 0 saturated carbocycles. The van der Waals surface area contributed by atoms with Crippen LogP contribution in [0.2, 0.25) is 0 Å². The Kier molecular flexibility index (Phi) is 3.82. The van der Waals surface area contributed by atoms with Gasteiger partial charge in [-0.25, -0.2) is 4.98 Å². The molecule has 6 heteroatoms. The molecule has 1 aliphatic rings. The maximum atomic E-state index is 13.0. The van der Waals surface area contributed by atoms with Crippen molar-refractivity contribution in [3.05, 3.63) is 47.0 Å². The van der Waals surface area contributed by atoms with Gasteiger partial charge in [0.15, 0.2) is 0 Å². The number of amides is 1. The first kappa shape index (κ1) is 15.9. The van der Waals surface area contributed by atoms with E-state index in [1.165, 1.54) is 0 Å². The monoisotopic (exact) mass is 337 g/mol. The van der Waals surface area contributed by atoms with E-state index in [-0.39, 0.29) is 11.8 Å². The van der Waals surface area contributed by atoms with Crippen LogP contribution in [-0.2, 0) is 7.05 Å². The summed E-state index contributed by atoms with van der Waals surface area (Å²) in [5, 5.41) is 4.38. The Balaban J connectivity index is 1.59. The van der Waals surface area contributed by atoms with Crippen LogP contribution in [0, 0.1) is 13.8 Å². The summed E-state index contributed by atoms with van der Waals surface area (Å²) >= 11 is 0. The minimum atomic E-state index is 0.0870. The van der Waals surface area contributed by atoms with Gasteiger partial charge in [0.25, 0.3) is 5.91 Å². The van der Waals surface area contributed by atoms with Crippen molar-refractivity contribution in [2.75, 3.05) is 13.1 Å². The fourth-order valence-electron chi connectivity index (χ4n) is 3.79. The molecule has 0 radical (unpaired) electrons. The van der Waals surface area contributed by atoms with Gasteiger partial charge in [-0.3, -0.25) is 9.48 Å². The molecule has 1 aliphatic heterocycles. The van der Waals surface area contributed by atoms with Crippen LogP contribution in [0.15, 0.2) is 24.3 Å². The van der Waals surface area contributed by atoms with Crippen LogP contribution in [-0.4, -0.2) is 43.6 Å². The van der Waals surface area contributed by atoms with Crippen molar-refractivity contribution >= 4 is 16.9 Å². The molecule has 1 atom stereocenters. The Morgan fingerprint density at radius 1 is 1.28 bits per heavy atom. The van der Waals surface area contributed by atoms with Gasteiger partial charge in [0.1, 0.15) is 5.82 Å². The molecule has 1 unspecified atom stereocenters. The lowest BCUT2D eigenvalue weighted by Gasteiger charge is -2.32. The fourth-order valence-corrected chi connectivity index (χ4v) is 3.79. The van der Waals surface area contributed by atoms with Gasteiger partial charge in [0.2, 0.25) is 0 Å². The molecule has 0 bridgehead atoms. The zero-order valence-electron chi connectivity index (χ0n) is 14.9. The number of fused-ring (bicyclic) bond motifs is 1. The predicted molar refractivity (Wildman–Crippen MR) is 96.7 cm³/mol. The van der Waals surface area contributed by atoms with Crippen molar-refractivity contribution in [1.82, 2.24) is 24.6 Å². The molecule has 130 valence electrons. The van der Waals surface area contributed by atoms with Crippen LogP contribution in [0.5, 0.6) is 0 Å². The van der Waals surface area contributed by atoms with Crippen molar-refractivity contribution in [2.45, 2.75) is 32.6 Å². The maximum Gasteiger partial charge on any atom is 0.257 e. The second-order valence-corrected chi connectivity index (χ2v) is 6.90. The van der Waals surface area contributed by atoms with Crippen molar-refractivity contribution in [3.63, 3.8) is 0 Å². The third-order valence-corrected chi connectivity index (χ3v) is 5.23. The molecular weight excluding hydrogens is 314 g/mol. The molecule has 1 saturated heterocycles. The highest BCUT2D eigenvalue weighted by Gasteiger charge is 2.29. The summed E-state index contributed by atoms with van der Waals surface area (Å²) in [6, 6.07) is 8.07. The summed E-state index contributed by atoms with van der Waals surface area (Å²) in [5.41, 5.74) is 4.51. The SMILES string of the molecule is Cc1nn(C)c(C)c1C(=O)N1CCCC(c2nc3ccccc3[nH]2)C1. The second-order valence-electron chi connectivity index (χ2n) is 6.90. The predicted octanol–water partition coefficient (Wildman–Crippen LogP) is 2.93. The van der Waals surface area contributed by atoms with Gasteiger partial charge < -0.3 is 9.88 Å². The number of H-pyrrole nitrogens is 1. The number of piperidine rings is 1. The maximum absolute atomic E-state index is 13.0. The molecule has 25 heavy (non-hydrogen) atoms. The molecule has 4 rings (SSSR count). The van der Waals surface area contributed by atoms with E-state index in [4.69, 9.17) is 4.98 Å². The Morgan fingerprint density at radius 3 is 2.80 bits per heavy atom. The number of imidazole rings is 1. The van der Waals surface area contributed by atoms with E-state index in [0.717, 1.165) is 53.2 Å². The highest BCUT2D eigenvalue weighted by molar-refractivity contribution is 5.96. The first-order valence-corrected chi connectivity index (χ1v) is 8.78. The van der Waals surface area contributed by atoms with E-state index in [1.54, 1.807) is 4.68 Å². The van der Waals surface area contributed by atoms with Crippen LogP contribution in [0.3, 0.4) is 0 Å². The number of carbonyl (C=O) groups is 1. The molecule has 1 fully saturated rings. The van der Waals surface area contributed by atoms with Crippen molar-refractivity contribution in [2.24, 2.45) is 7.05 Å². The number of likely N-dealkylation sites (tertiary alicyclic amines) is 1. The summed E-state index contributed by atoms with van der Waals surface area (Å²) in [6.07, 6.45) is 2.04. The van der Waals surface area contributed by atoms with Gasteiger partial charge in [-0.05, 0) is 38.8 Å². The van der Waals surface area contributed by atoms with E-state index in [0.29, 0.717) is 6.54 Å². The zero-order chi connectivity index (χ0) is 17.6. The second kappa shape index (κ2) is 6.02. The molecule has 1 N–H and O–H groups in total. The number of hydrogen-bond acceptors (Lipinski definition) is 3. The number of aromatic nitrogens is 4. The van der Waals surface area contributed by atoms with Crippen molar-refractivity contribution in [3.8, 4) is 0 Å². The van der Waals surface area contributed by atoms with Crippen molar-refractivity contribution in [1.29, 1.82) is 0 Å². The van der Waals surface area contributed by atoms with Crippen molar-refractivity contribution < 1.29 is 4.79 Å². The molecule has 3 heterocycles. The number of carbonyl (C=O) groups excluding carboxylic acids is 1. The highest BCUT2D eigenvalue weighted by atomic mass is 16.2. The molecule has 6 nitrogen and oxygen atoms in total. The topological polar surface area (TPSA) is 66.8 Å². The summed E-state index contributed by atoms with van der Waals surface area (Å²) in [7, 11) is 1.88. The molecule has 2 aromatic heterocycles. The minimum Gasteiger partial charge on any atom is -0.342 e. The summed E-state index contributed by atoms with van der Waals surface area (Å²) in [6.45, 7) is 5.35. The van der Waals surface area contributed by atoms with E-state index in [9.17, 15) is 4.79 Å². The Morgan fingerprint density at radius 2 is 2.08 bits per heavy atom. The number of nitrogens with zero attached hydrogens (tertiary/aromatic N) is 4. The molecule has 0 aliphatic carbocycles. The standard InChI is InChI=1S/C19H23N5O/c1-12-17(13(2)23(3)22-12)19(25)24-10-6-7-14(11-24)18-20-15-8-4-5-9-16(15)21-18/h4-5,8-9,14H,6-7,10-11H2,1-3H3,(H,20,21). The number of benzene rings is 1.